The molecule has 2 aromatic heterocycles. The summed E-state index contributed by atoms with van der Waals surface area (Å²) in [6, 6.07) is 3.58. The van der Waals surface area contributed by atoms with E-state index in [9.17, 15) is 14.7 Å². The lowest BCUT2D eigenvalue weighted by Gasteiger charge is -2.11. The first-order valence-electron chi connectivity index (χ1n) is 6.97. The second kappa shape index (κ2) is 6.49. The highest BCUT2D eigenvalue weighted by Crippen LogP contribution is 2.04. The predicted octanol–water partition coefficient (Wildman–Crippen LogP) is 0.894. The molecule has 0 spiro atoms. The van der Waals surface area contributed by atoms with Gasteiger partial charge in [0.25, 0.3) is 11.5 Å². The summed E-state index contributed by atoms with van der Waals surface area (Å²) in [5.74, 6) is -0.515. The number of pyridine rings is 1. The van der Waals surface area contributed by atoms with Crippen LogP contribution in [0.15, 0.2) is 29.3 Å². The average Bonchev–Trinajstić information content (AvgIpc) is 2.46. The van der Waals surface area contributed by atoms with E-state index in [1.165, 1.54) is 10.6 Å². The van der Waals surface area contributed by atoms with Crippen LogP contribution in [0.25, 0.3) is 5.65 Å². The van der Waals surface area contributed by atoms with Crippen molar-refractivity contribution in [3.05, 3.63) is 46.0 Å². The third-order valence-electron chi connectivity index (χ3n) is 3.29. The second-order valence-electron chi connectivity index (χ2n) is 5.01. The maximum absolute atomic E-state index is 12.3. The highest BCUT2D eigenvalue weighted by molar-refractivity contribution is 5.93. The van der Waals surface area contributed by atoms with Crippen molar-refractivity contribution in [3.8, 4) is 0 Å². The Labute approximate surface area is 122 Å². The van der Waals surface area contributed by atoms with Crippen LogP contribution in [-0.2, 0) is 0 Å². The van der Waals surface area contributed by atoms with Gasteiger partial charge in [0.05, 0.1) is 6.10 Å². The van der Waals surface area contributed by atoms with Gasteiger partial charge < -0.3 is 10.4 Å². The van der Waals surface area contributed by atoms with Crippen LogP contribution in [0.3, 0.4) is 0 Å². The number of aromatic nitrogens is 2. The Morgan fingerprint density at radius 2 is 2.29 bits per heavy atom. The van der Waals surface area contributed by atoms with Gasteiger partial charge in [0.1, 0.15) is 11.2 Å². The van der Waals surface area contributed by atoms with Gasteiger partial charge in [-0.25, -0.2) is 4.98 Å². The summed E-state index contributed by atoms with van der Waals surface area (Å²) in [6.07, 6.45) is 3.70. The third kappa shape index (κ3) is 3.28. The lowest BCUT2D eigenvalue weighted by atomic mass is 10.2. The minimum atomic E-state index is -0.600. The second-order valence-corrected chi connectivity index (χ2v) is 5.01. The minimum Gasteiger partial charge on any atom is -0.391 e. The van der Waals surface area contributed by atoms with Gasteiger partial charge in [0.15, 0.2) is 0 Å². The first kappa shape index (κ1) is 15.2. The fourth-order valence-corrected chi connectivity index (χ4v) is 2.14. The molecule has 0 saturated carbocycles. The summed E-state index contributed by atoms with van der Waals surface area (Å²) < 4.78 is 1.35. The molecule has 2 rings (SSSR count). The summed E-state index contributed by atoms with van der Waals surface area (Å²) in [5.41, 5.74) is 0.956. The molecule has 0 aliphatic heterocycles. The smallest absolute Gasteiger partial charge is 0.270 e. The molecule has 1 unspecified atom stereocenters. The maximum atomic E-state index is 12.3. The number of aliphatic hydroxyl groups excluding tert-OH is 1. The van der Waals surface area contributed by atoms with Crippen molar-refractivity contribution < 1.29 is 9.90 Å². The Morgan fingerprint density at radius 1 is 1.52 bits per heavy atom. The van der Waals surface area contributed by atoms with Crippen molar-refractivity contribution in [2.45, 2.75) is 32.8 Å². The van der Waals surface area contributed by atoms with Crippen LogP contribution < -0.4 is 10.9 Å². The summed E-state index contributed by atoms with van der Waals surface area (Å²) >= 11 is 0. The zero-order valence-electron chi connectivity index (χ0n) is 12.2. The molecule has 0 aliphatic carbocycles. The summed E-state index contributed by atoms with van der Waals surface area (Å²) in [5, 5.41) is 12.2. The number of carbonyl (C=O) groups excluding carboxylic acids is 1. The molecule has 0 bridgehead atoms. The van der Waals surface area contributed by atoms with Gasteiger partial charge in [-0.05, 0) is 25.0 Å². The normalized spacial score (nSPS) is 12.3. The van der Waals surface area contributed by atoms with Crippen LogP contribution in [-0.4, -0.2) is 33.0 Å². The standard InChI is InChI=1S/C15H19N3O3/c1-3-5-11(19)8-17-14(20)12-9-16-13-10(2)6-4-7-18(13)15(12)21/h4,6-7,9,11,19H,3,5,8H2,1-2H3,(H,17,20). The van der Waals surface area contributed by atoms with Gasteiger partial charge in [-0.2, -0.15) is 0 Å². The van der Waals surface area contributed by atoms with Crippen LogP contribution in [0.4, 0.5) is 0 Å². The van der Waals surface area contributed by atoms with Gasteiger partial charge in [0.2, 0.25) is 0 Å². The molecule has 0 radical (unpaired) electrons. The Kier molecular flexibility index (Phi) is 4.70. The van der Waals surface area contributed by atoms with E-state index in [0.29, 0.717) is 12.1 Å². The van der Waals surface area contributed by atoms with Gasteiger partial charge in [-0.3, -0.25) is 14.0 Å². The number of aryl methyl sites for hydroxylation is 1. The van der Waals surface area contributed by atoms with Gasteiger partial charge in [-0.1, -0.05) is 19.4 Å². The van der Waals surface area contributed by atoms with E-state index in [-0.39, 0.29) is 12.1 Å². The molecule has 6 heteroatoms. The number of fused-ring (bicyclic) bond motifs is 1. The first-order chi connectivity index (χ1) is 10.0. The number of aliphatic hydroxyl groups is 1. The van der Waals surface area contributed by atoms with E-state index in [1.54, 1.807) is 12.3 Å². The fourth-order valence-electron chi connectivity index (χ4n) is 2.14. The van der Waals surface area contributed by atoms with E-state index in [1.807, 2.05) is 19.9 Å². The molecule has 1 atom stereocenters. The Balaban J connectivity index is 2.25. The topological polar surface area (TPSA) is 83.7 Å². The average molecular weight is 289 g/mol. The van der Waals surface area contributed by atoms with Gasteiger partial charge in [0, 0.05) is 18.9 Å². The number of amides is 1. The van der Waals surface area contributed by atoms with Gasteiger partial charge in [-0.15, -0.1) is 0 Å². The molecule has 2 heterocycles. The molecule has 2 aromatic rings. The van der Waals surface area contributed by atoms with Crippen LogP contribution in [0.2, 0.25) is 0 Å². The zero-order valence-corrected chi connectivity index (χ0v) is 12.2. The Bertz CT molecular complexity index is 709. The molecule has 0 fully saturated rings. The van der Waals surface area contributed by atoms with E-state index >= 15 is 0 Å². The number of hydrogen-bond donors (Lipinski definition) is 2. The Morgan fingerprint density at radius 3 is 3.00 bits per heavy atom. The molecular weight excluding hydrogens is 270 g/mol. The first-order valence-corrected chi connectivity index (χ1v) is 6.97. The van der Waals surface area contributed by atoms with Crippen LogP contribution in [0, 0.1) is 6.92 Å². The van der Waals surface area contributed by atoms with Crippen molar-refractivity contribution in [2.75, 3.05) is 6.54 Å². The number of hydrogen-bond acceptors (Lipinski definition) is 4. The molecule has 112 valence electrons. The summed E-state index contributed by atoms with van der Waals surface area (Å²) in [6.45, 7) is 3.93. The zero-order chi connectivity index (χ0) is 15.4. The monoisotopic (exact) mass is 289 g/mol. The SMILES string of the molecule is CCCC(O)CNC(=O)c1cnc2c(C)cccn2c1=O. The molecule has 2 N–H and O–H groups in total. The minimum absolute atomic E-state index is 0.0261. The van der Waals surface area contributed by atoms with Crippen LogP contribution in [0.1, 0.15) is 35.7 Å². The lowest BCUT2D eigenvalue weighted by Crippen LogP contribution is -2.36. The van der Waals surface area contributed by atoms with Gasteiger partial charge >= 0.3 is 0 Å². The molecule has 21 heavy (non-hydrogen) atoms. The van der Waals surface area contributed by atoms with Crippen LogP contribution >= 0.6 is 0 Å². The van der Waals surface area contributed by atoms with Crippen molar-refractivity contribution in [1.29, 1.82) is 0 Å². The van der Waals surface area contributed by atoms with Crippen molar-refractivity contribution >= 4 is 11.6 Å². The lowest BCUT2D eigenvalue weighted by molar-refractivity contribution is 0.0908. The van der Waals surface area contributed by atoms with E-state index in [2.05, 4.69) is 10.3 Å². The third-order valence-corrected chi connectivity index (χ3v) is 3.29. The van der Waals surface area contributed by atoms with Crippen molar-refractivity contribution in [3.63, 3.8) is 0 Å². The molecular formula is C15H19N3O3. The predicted molar refractivity (Wildman–Crippen MR) is 79.4 cm³/mol. The summed E-state index contributed by atoms with van der Waals surface area (Å²) in [4.78, 5) is 28.5. The fraction of sp³-hybridized carbons (Fsp3) is 0.400. The highest BCUT2D eigenvalue weighted by atomic mass is 16.3. The molecule has 0 aromatic carbocycles. The number of nitrogens with zero attached hydrogens (tertiary/aromatic N) is 2. The molecule has 0 aliphatic rings. The summed E-state index contributed by atoms with van der Waals surface area (Å²) in [7, 11) is 0. The van der Waals surface area contributed by atoms with E-state index < -0.39 is 17.6 Å². The number of rotatable bonds is 5. The molecule has 1 amide bonds. The number of nitrogens with one attached hydrogen (secondary N) is 1. The quantitative estimate of drug-likeness (QED) is 0.856. The molecule has 6 nitrogen and oxygen atoms in total. The van der Waals surface area contributed by atoms with Crippen molar-refractivity contribution in [1.82, 2.24) is 14.7 Å². The van der Waals surface area contributed by atoms with Crippen LogP contribution in [0.5, 0.6) is 0 Å². The van der Waals surface area contributed by atoms with E-state index in [0.717, 1.165) is 12.0 Å². The largest absolute Gasteiger partial charge is 0.391 e. The highest BCUT2D eigenvalue weighted by Gasteiger charge is 2.14. The maximum Gasteiger partial charge on any atom is 0.270 e. The molecule has 0 saturated heterocycles. The Hall–Kier alpha value is -2.21. The van der Waals surface area contributed by atoms with E-state index in [4.69, 9.17) is 0 Å². The van der Waals surface area contributed by atoms with Crippen molar-refractivity contribution in [2.24, 2.45) is 0 Å². The number of carbonyl (C=O) groups is 1.